The third-order valence-corrected chi connectivity index (χ3v) is 21.4. The van der Waals surface area contributed by atoms with E-state index in [1.54, 1.807) is 0 Å². The van der Waals surface area contributed by atoms with Crippen LogP contribution in [-0.4, -0.2) is 48.1 Å². The lowest BCUT2D eigenvalue weighted by atomic mass is 10.1. The van der Waals surface area contributed by atoms with E-state index in [1.807, 2.05) is 54.6 Å². The van der Waals surface area contributed by atoms with Gasteiger partial charge in [0.15, 0.2) is 0 Å². The van der Waals surface area contributed by atoms with Crippen molar-refractivity contribution in [2.45, 2.75) is 121 Å². The number of unbranched alkanes of at least 4 members (excludes halogenated alkanes) is 4. The zero-order valence-corrected chi connectivity index (χ0v) is 39.7. The van der Waals surface area contributed by atoms with Crippen molar-refractivity contribution in [3.05, 3.63) is 170 Å². The van der Waals surface area contributed by atoms with Gasteiger partial charge in [0.1, 0.15) is 0 Å². The highest BCUT2D eigenvalue weighted by atomic mass is 28.4. The lowest BCUT2D eigenvalue weighted by Crippen LogP contribution is -2.67. The molecule has 0 spiro atoms. The van der Waals surface area contributed by atoms with Crippen molar-refractivity contribution in [1.82, 2.24) is 0 Å². The van der Waals surface area contributed by atoms with Gasteiger partial charge in [0, 0.05) is 12.5 Å². The van der Waals surface area contributed by atoms with Crippen LogP contribution in [0.4, 0.5) is 13.2 Å². The van der Waals surface area contributed by atoms with Gasteiger partial charge in [-0.1, -0.05) is 231 Å². The van der Waals surface area contributed by atoms with Gasteiger partial charge in [-0.3, -0.25) is 0 Å². The van der Waals surface area contributed by atoms with Crippen LogP contribution >= 0.6 is 0 Å². The van der Waals surface area contributed by atoms with Crippen molar-refractivity contribution in [2.24, 2.45) is 0 Å². The van der Waals surface area contributed by atoms with Gasteiger partial charge in [0.25, 0.3) is 16.6 Å². The fourth-order valence-electron chi connectivity index (χ4n) is 8.27. The number of allylic oxidation sites excluding steroid dienone is 4. The molecule has 0 aliphatic heterocycles. The van der Waals surface area contributed by atoms with Crippen molar-refractivity contribution >= 4 is 43.4 Å². The van der Waals surface area contributed by atoms with E-state index in [1.165, 1.54) is 33.9 Å². The second-order valence-corrected chi connectivity index (χ2v) is 26.4. The Morgan fingerprint density at radius 2 is 0.919 bits per heavy atom. The molecule has 0 aromatic heterocycles. The molecule has 0 saturated carbocycles. The second-order valence-electron chi connectivity index (χ2n) is 17.9. The van der Waals surface area contributed by atoms with Gasteiger partial charge in [0.05, 0.1) is 19.3 Å². The summed E-state index contributed by atoms with van der Waals surface area (Å²) in [5.74, 6) is -0.417. The molecule has 0 fully saturated rings. The van der Waals surface area contributed by atoms with E-state index in [-0.39, 0.29) is 28.7 Å². The predicted molar refractivity (Wildman–Crippen MR) is 257 cm³/mol. The van der Waals surface area contributed by atoms with Gasteiger partial charge in [-0.15, -0.1) is 0 Å². The van der Waals surface area contributed by atoms with Crippen molar-refractivity contribution in [2.75, 3.05) is 7.11 Å². The smallest absolute Gasteiger partial charge is 0.389 e. The molecule has 62 heavy (non-hydrogen) atoms. The van der Waals surface area contributed by atoms with E-state index in [4.69, 9.17) is 13.6 Å². The number of ether oxygens (including phenoxy) is 1. The van der Waals surface area contributed by atoms with Gasteiger partial charge >= 0.3 is 12.1 Å². The normalized spacial score (nSPS) is 14.3. The van der Waals surface area contributed by atoms with E-state index >= 15 is 0 Å². The number of benzene rings is 4. The standard InChI is InChI=1S/C53H67F3O4Si2/c1-51(2,3)61(46-34-20-13-21-35-46,47-36-22-14-23-37-47)59-44(30-17-9-8-12-28-43-53(54,55)56)31-18-10-11-19-32-45(33-29-42-50(57)58-7)60-62(52(4,5)6,48-38-24-15-25-39-48)49-40-26-16-27-41-49/h10-11,13-16,18-27,29,31-32,34-42,44-45H,8-9,12,17,28,30,33,43H2,1-7H3/t44-,45-/m1/s1. The second kappa shape index (κ2) is 23.8. The molecule has 0 heterocycles. The summed E-state index contributed by atoms with van der Waals surface area (Å²) < 4.78 is 58.2. The molecule has 4 nitrogen and oxygen atoms in total. The van der Waals surface area contributed by atoms with Gasteiger partial charge < -0.3 is 13.6 Å². The summed E-state index contributed by atoms with van der Waals surface area (Å²) in [5.41, 5.74) is 0. The highest BCUT2D eigenvalue weighted by Gasteiger charge is 2.52. The molecular weight excluding hydrogens is 814 g/mol. The van der Waals surface area contributed by atoms with Crippen LogP contribution < -0.4 is 20.7 Å². The summed E-state index contributed by atoms with van der Waals surface area (Å²) >= 11 is 0. The molecule has 4 rings (SSSR count). The topological polar surface area (TPSA) is 44.8 Å². The Morgan fingerprint density at radius 1 is 0.548 bits per heavy atom. The molecule has 0 bridgehead atoms. The number of alkyl halides is 3. The van der Waals surface area contributed by atoms with Crippen LogP contribution in [0, 0.1) is 0 Å². The van der Waals surface area contributed by atoms with Gasteiger partial charge in [-0.2, -0.15) is 13.2 Å². The maximum atomic E-state index is 12.8. The number of halogens is 3. The van der Waals surface area contributed by atoms with Crippen molar-refractivity contribution < 1.29 is 31.6 Å². The van der Waals surface area contributed by atoms with Crippen LogP contribution in [0.2, 0.25) is 10.1 Å². The number of rotatable bonds is 22. The van der Waals surface area contributed by atoms with Crippen LogP contribution in [0.3, 0.4) is 0 Å². The lowest BCUT2D eigenvalue weighted by molar-refractivity contribution is -0.136. The van der Waals surface area contributed by atoms with Crippen LogP contribution in [-0.2, 0) is 18.4 Å². The number of hydrogen-bond donors (Lipinski definition) is 0. The van der Waals surface area contributed by atoms with Crippen molar-refractivity contribution in [3.63, 3.8) is 0 Å². The maximum Gasteiger partial charge on any atom is 0.389 e. The maximum absolute atomic E-state index is 12.8. The van der Waals surface area contributed by atoms with Crippen LogP contribution in [0.5, 0.6) is 0 Å². The summed E-state index contributed by atoms with van der Waals surface area (Å²) in [6.07, 6.45) is 14.4. The van der Waals surface area contributed by atoms with Gasteiger partial charge in [0.2, 0.25) is 0 Å². The molecule has 2 atom stereocenters. The average Bonchev–Trinajstić information content (AvgIpc) is 3.24. The Hall–Kier alpha value is -4.55. The quantitative estimate of drug-likeness (QED) is 0.0259. The molecule has 0 amide bonds. The summed E-state index contributed by atoms with van der Waals surface area (Å²) in [7, 11) is -4.44. The fourth-order valence-corrected chi connectivity index (χ4v) is 17.6. The van der Waals surface area contributed by atoms with Crippen LogP contribution in [0.1, 0.15) is 92.9 Å². The Labute approximate surface area is 371 Å². The molecule has 0 N–H and O–H groups in total. The van der Waals surface area contributed by atoms with Crippen molar-refractivity contribution in [3.8, 4) is 0 Å². The number of esters is 1. The zero-order valence-electron chi connectivity index (χ0n) is 37.7. The molecule has 0 radical (unpaired) electrons. The van der Waals surface area contributed by atoms with Crippen LogP contribution in [0.15, 0.2) is 170 Å². The molecule has 0 aliphatic rings. The largest absolute Gasteiger partial charge is 0.466 e. The van der Waals surface area contributed by atoms with Crippen LogP contribution in [0.25, 0.3) is 0 Å². The number of hydrogen-bond acceptors (Lipinski definition) is 4. The van der Waals surface area contributed by atoms with E-state index in [9.17, 15) is 18.0 Å². The highest BCUT2D eigenvalue weighted by molar-refractivity contribution is 7.00. The molecule has 4 aromatic rings. The Bertz CT molecular complexity index is 1940. The summed E-state index contributed by atoms with van der Waals surface area (Å²) in [5, 5.41) is 4.25. The van der Waals surface area contributed by atoms with Crippen molar-refractivity contribution in [1.29, 1.82) is 0 Å². The first-order chi connectivity index (χ1) is 29.5. The SMILES string of the molecule is COC(=O)C=CC[C@@H](C=CC=CC=C[C@@H](CCCCCCCC(F)(F)F)O[Si](c1ccccc1)(c1ccccc1)C(C)(C)C)O[Si](c1ccccc1)(c1ccccc1)C(C)(C)C. The van der Waals surface area contributed by atoms with Gasteiger partial charge in [-0.25, -0.2) is 4.79 Å². The minimum atomic E-state index is -4.11. The Kier molecular flexibility index (Phi) is 19.2. The summed E-state index contributed by atoms with van der Waals surface area (Å²) in [4.78, 5) is 12.1. The molecule has 0 unspecified atom stereocenters. The Balaban J connectivity index is 1.67. The monoisotopic (exact) mass is 880 g/mol. The summed E-state index contributed by atoms with van der Waals surface area (Å²) in [6.45, 7) is 13.5. The first kappa shape index (κ1) is 50.1. The molecule has 0 aliphatic carbocycles. The number of methoxy groups -OCH3 is 1. The minimum absolute atomic E-state index is 0.162. The van der Waals surface area contributed by atoms with E-state index < -0.39 is 35.2 Å². The van der Waals surface area contributed by atoms with Gasteiger partial charge in [-0.05, 0) is 50.1 Å². The Morgan fingerprint density at radius 3 is 1.31 bits per heavy atom. The average molecular weight is 881 g/mol. The van der Waals surface area contributed by atoms with E-state index in [2.05, 4.69) is 151 Å². The zero-order chi connectivity index (χ0) is 45.1. The fraction of sp³-hybridized carbons (Fsp3) is 0.377. The first-order valence-electron chi connectivity index (χ1n) is 21.9. The summed E-state index contributed by atoms with van der Waals surface area (Å²) in [6, 6.07) is 42.1. The first-order valence-corrected chi connectivity index (χ1v) is 25.8. The third kappa shape index (κ3) is 14.2. The van der Waals surface area contributed by atoms with E-state index in [0.29, 0.717) is 12.8 Å². The minimum Gasteiger partial charge on any atom is -0.466 e. The molecule has 332 valence electrons. The molecule has 9 heteroatoms. The molecular formula is C53H67F3O4Si2. The molecule has 0 saturated heterocycles. The predicted octanol–water partition coefficient (Wildman–Crippen LogP) is 12.0. The lowest BCUT2D eigenvalue weighted by Gasteiger charge is -2.45. The third-order valence-electron chi connectivity index (χ3n) is 11.2. The molecule has 4 aromatic carbocycles. The number of carbonyl (C=O) groups is 1. The number of carbonyl (C=O) groups excluding carboxylic acids is 1. The van der Waals surface area contributed by atoms with E-state index in [0.717, 1.165) is 25.7 Å². The highest BCUT2D eigenvalue weighted by Crippen LogP contribution is 2.39.